The van der Waals surface area contributed by atoms with Gasteiger partial charge in [0.2, 0.25) is 5.95 Å². The number of thiophene rings is 1. The molecule has 0 aliphatic rings. The lowest BCUT2D eigenvalue weighted by Gasteiger charge is -2.14. The highest BCUT2D eigenvalue weighted by Crippen LogP contribution is 2.44. The van der Waals surface area contributed by atoms with Crippen LogP contribution in [0.2, 0.25) is 0 Å². The molecule has 0 atom stereocenters. The van der Waals surface area contributed by atoms with Gasteiger partial charge in [0.1, 0.15) is 11.2 Å². The average Bonchev–Trinajstić information content (AvgIpc) is 4.25. The molecule has 9 aromatic carbocycles. The minimum atomic E-state index is -0.639. The zero-order chi connectivity index (χ0) is 52.7. The van der Waals surface area contributed by atoms with Crippen molar-refractivity contribution in [2.24, 2.45) is 0 Å². The third kappa shape index (κ3) is 5.80. The summed E-state index contributed by atoms with van der Waals surface area (Å²) < 4.78 is 129. The second-order valence-electron chi connectivity index (χ2n) is 14.9. The van der Waals surface area contributed by atoms with Crippen LogP contribution in [0.5, 0.6) is 0 Å². The normalized spacial score (nSPS) is 14.7. The lowest BCUT2D eigenvalue weighted by molar-refractivity contribution is 0.669. The predicted molar refractivity (Wildman–Crippen MR) is 262 cm³/mol. The number of hydrogen-bond donors (Lipinski definition) is 0. The van der Waals surface area contributed by atoms with E-state index >= 15 is 0 Å². The van der Waals surface area contributed by atoms with Gasteiger partial charge in [-0.3, -0.25) is 4.57 Å². The summed E-state index contributed by atoms with van der Waals surface area (Å²) >= 11 is 0.885. The summed E-state index contributed by atoms with van der Waals surface area (Å²) in [7, 11) is 0. The predicted octanol–water partition coefficient (Wildman–Crippen LogP) is 15.6. The Labute approximate surface area is 384 Å². The second-order valence-corrected chi connectivity index (χ2v) is 15.9. The van der Waals surface area contributed by atoms with Crippen LogP contribution in [0, 0.1) is 0 Å². The standard InChI is InChI=1S/C57H34N4OS/c1-4-15-35(16-5-1)39-31-40(36-17-6-2-7-18-36)33-41(32-39)56-58-55(38-27-28-45-49(34-38)62-48-25-14-23-42(52(45)48)37-19-8-3-9-20-37)59-57(60-56)61-47-24-12-10-21-43(47)44-29-30-51-53(54(44)61)46-22-11-13-26-50(46)63-51/h1-34H/i10D,11D,12D,13D,21D,22D,24D,26D,29D,30D,31D,32D,33D. The Kier molecular flexibility index (Phi) is 5.62. The maximum atomic E-state index is 9.95. The van der Waals surface area contributed by atoms with Gasteiger partial charge >= 0.3 is 0 Å². The monoisotopic (exact) mass is 835 g/mol. The van der Waals surface area contributed by atoms with Crippen molar-refractivity contribution in [1.82, 2.24) is 19.5 Å². The number of hydrogen-bond acceptors (Lipinski definition) is 5. The highest BCUT2D eigenvalue weighted by Gasteiger charge is 2.23. The fourth-order valence-corrected chi connectivity index (χ4v) is 9.38. The second kappa shape index (κ2) is 14.2. The Morgan fingerprint density at radius 3 is 1.84 bits per heavy atom. The summed E-state index contributed by atoms with van der Waals surface area (Å²) in [6.07, 6.45) is 0. The SMILES string of the molecule is [2H]c1c(-c2ccccc2)c([2H])c(-c2nc(-c3ccc4c(c3)oc3cccc(-c5ccccc5)c34)nc(-n3c4c([2H])c([2H])c([2H])c([2H])c4c4c([2H])c([2H])c5sc6c([2H])c([2H])c([2H])c([2H])c6c5c43)n2)c([2H])c1-c1ccccc1. The molecular weight excluding hydrogens is 789 g/mol. The van der Waals surface area contributed by atoms with Crippen molar-refractivity contribution in [3.8, 4) is 62.1 Å². The molecule has 0 aliphatic heterocycles. The van der Waals surface area contributed by atoms with Crippen LogP contribution in [0.25, 0.3) is 126 Å². The van der Waals surface area contributed by atoms with Gasteiger partial charge in [-0.05, 0) is 87.8 Å². The molecule has 4 aromatic heterocycles. The molecule has 13 aromatic rings. The Hall–Kier alpha value is -8.19. The van der Waals surface area contributed by atoms with Gasteiger partial charge in [-0.2, -0.15) is 9.97 Å². The first kappa shape index (κ1) is 24.9. The molecule has 0 amide bonds. The Morgan fingerprint density at radius 1 is 0.444 bits per heavy atom. The van der Waals surface area contributed by atoms with Gasteiger partial charge in [0.05, 0.1) is 28.9 Å². The first-order valence-corrected chi connectivity index (χ1v) is 20.9. The van der Waals surface area contributed by atoms with Crippen LogP contribution in [0.1, 0.15) is 17.8 Å². The van der Waals surface area contributed by atoms with E-state index in [0.717, 1.165) is 33.2 Å². The molecule has 294 valence electrons. The van der Waals surface area contributed by atoms with Crippen LogP contribution in [0.3, 0.4) is 0 Å². The molecule has 5 nitrogen and oxygen atoms in total. The molecule has 0 saturated carbocycles. The van der Waals surface area contributed by atoms with E-state index in [4.69, 9.17) is 26.2 Å². The van der Waals surface area contributed by atoms with Gasteiger partial charge < -0.3 is 4.42 Å². The number of benzene rings is 9. The quantitative estimate of drug-likeness (QED) is 0.167. The number of para-hydroxylation sites is 1. The van der Waals surface area contributed by atoms with E-state index in [9.17, 15) is 11.0 Å². The molecule has 6 heteroatoms. The Bertz CT molecular complexity index is 4610. The molecule has 0 N–H and O–H groups in total. The molecule has 0 spiro atoms. The molecule has 0 bridgehead atoms. The molecule has 63 heavy (non-hydrogen) atoms. The largest absolute Gasteiger partial charge is 0.456 e. The molecule has 4 heterocycles. The van der Waals surface area contributed by atoms with Gasteiger partial charge in [0, 0.05) is 52.8 Å². The summed E-state index contributed by atoms with van der Waals surface area (Å²) in [6, 6.07) is 33.2. The maximum absolute atomic E-state index is 9.95. The Balaban J connectivity index is 1.21. The van der Waals surface area contributed by atoms with E-state index in [1.54, 1.807) is 60.7 Å². The van der Waals surface area contributed by atoms with Crippen molar-refractivity contribution in [1.29, 1.82) is 0 Å². The molecule has 0 fully saturated rings. The highest BCUT2D eigenvalue weighted by molar-refractivity contribution is 7.26. The lowest BCUT2D eigenvalue weighted by Crippen LogP contribution is -2.06. The number of nitrogens with zero attached hydrogens (tertiary/aromatic N) is 4. The van der Waals surface area contributed by atoms with Gasteiger partial charge in [0.15, 0.2) is 11.6 Å². The number of furan rings is 1. The third-order valence-corrected chi connectivity index (χ3v) is 12.3. The zero-order valence-electron chi connectivity index (χ0n) is 45.7. The molecule has 0 radical (unpaired) electrons. The van der Waals surface area contributed by atoms with Gasteiger partial charge in [0.25, 0.3) is 0 Å². The van der Waals surface area contributed by atoms with Crippen molar-refractivity contribution in [3.63, 3.8) is 0 Å². The number of fused-ring (bicyclic) bond motifs is 10. The molecule has 0 saturated heterocycles. The van der Waals surface area contributed by atoms with E-state index in [1.807, 2.05) is 66.7 Å². The molecule has 13 rings (SSSR count). The third-order valence-electron chi connectivity index (χ3n) is 11.2. The van der Waals surface area contributed by atoms with E-state index < -0.39 is 48.3 Å². The van der Waals surface area contributed by atoms with Gasteiger partial charge in [-0.25, -0.2) is 4.98 Å². The van der Waals surface area contributed by atoms with Crippen LogP contribution in [0.4, 0.5) is 0 Å². The number of aromatic nitrogens is 4. The van der Waals surface area contributed by atoms with E-state index in [1.165, 1.54) is 4.57 Å². The summed E-state index contributed by atoms with van der Waals surface area (Å²) in [5, 5.41) is 1.43. The minimum absolute atomic E-state index is 0.00328. The van der Waals surface area contributed by atoms with Crippen molar-refractivity contribution in [3.05, 3.63) is 206 Å². The van der Waals surface area contributed by atoms with Crippen molar-refractivity contribution in [2.45, 2.75) is 0 Å². The molecule has 0 aliphatic carbocycles. The van der Waals surface area contributed by atoms with E-state index in [0.29, 0.717) is 27.9 Å². The van der Waals surface area contributed by atoms with Crippen molar-refractivity contribution < 1.29 is 22.2 Å². The average molecular weight is 836 g/mol. The van der Waals surface area contributed by atoms with Crippen LogP contribution in [-0.2, 0) is 0 Å². The van der Waals surface area contributed by atoms with E-state index in [-0.39, 0.29) is 106 Å². The summed E-state index contributed by atoms with van der Waals surface area (Å²) in [4.78, 5) is 15.2. The molecule has 0 unspecified atom stereocenters. The van der Waals surface area contributed by atoms with E-state index in [2.05, 4.69) is 0 Å². The first-order chi connectivity index (χ1) is 36.7. The Morgan fingerprint density at radius 2 is 1.10 bits per heavy atom. The molecular formula is C57H34N4OS. The van der Waals surface area contributed by atoms with Gasteiger partial charge in [-0.15, -0.1) is 11.3 Å². The maximum Gasteiger partial charge on any atom is 0.238 e. The van der Waals surface area contributed by atoms with Crippen LogP contribution < -0.4 is 0 Å². The zero-order valence-corrected chi connectivity index (χ0v) is 33.5. The van der Waals surface area contributed by atoms with Crippen LogP contribution >= 0.6 is 11.3 Å². The fourth-order valence-electron chi connectivity index (χ4n) is 8.42. The van der Waals surface area contributed by atoms with Crippen LogP contribution in [-0.4, -0.2) is 19.5 Å². The summed E-state index contributed by atoms with van der Waals surface area (Å²) in [5.74, 6) is -0.571. The topological polar surface area (TPSA) is 56.7 Å². The fraction of sp³-hybridized carbons (Fsp3) is 0. The lowest BCUT2D eigenvalue weighted by atomic mass is 9.96. The van der Waals surface area contributed by atoms with Crippen LogP contribution in [0.15, 0.2) is 210 Å². The highest BCUT2D eigenvalue weighted by atomic mass is 32.1. The smallest absolute Gasteiger partial charge is 0.238 e. The first-order valence-electron chi connectivity index (χ1n) is 26.5. The summed E-state index contributed by atoms with van der Waals surface area (Å²) in [6.45, 7) is 0. The number of rotatable bonds is 6. The van der Waals surface area contributed by atoms with Crippen molar-refractivity contribution >= 4 is 75.3 Å². The van der Waals surface area contributed by atoms with Crippen molar-refractivity contribution in [2.75, 3.05) is 0 Å². The van der Waals surface area contributed by atoms with Gasteiger partial charge in [-0.1, -0.05) is 151 Å². The summed E-state index contributed by atoms with van der Waals surface area (Å²) in [5.41, 5.74) is 4.42. The minimum Gasteiger partial charge on any atom is -0.456 e.